The second-order valence-electron chi connectivity index (χ2n) is 0. The maximum Gasteiger partial charge on any atom is 6.00 e. The van der Waals surface area contributed by atoms with Crippen LogP contribution in [-0.4, -0.2) is 20.4 Å². The molecule has 54 valence electrons. The van der Waals surface area contributed by atoms with Crippen molar-refractivity contribution in [3.05, 3.63) is 14.9 Å². The Morgan fingerprint density at radius 3 is 0.556 bits per heavy atom. The quantitative estimate of drug-likeness (QED) is 0.296. The number of hydrogen-bond acceptors (Lipinski definition) is 3. The summed E-state index contributed by atoms with van der Waals surface area (Å²) in [6, 6.07) is 0. The molecule has 0 aromatic rings. The average molecular weight is 173 g/mol. The van der Waals surface area contributed by atoms with Gasteiger partial charge in [-0.3, -0.25) is 20.4 Å². The molecule has 3 nitrogen and oxygen atoms in total. The molecule has 0 bridgehead atoms. The zero-order valence-electron chi connectivity index (χ0n) is 5.31. The molecular weight excluding hydrogens is 164 g/mol. The molecule has 0 aliphatic carbocycles. The van der Waals surface area contributed by atoms with Crippen LogP contribution < -0.4 is 0 Å². The van der Waals surface area contributed by atoms with Crippen molar-refractivity contribution in [2.45, 2.75) is 0 Å². The molecule has 4 heteroatoms. The third kappa shape index (κ3) is 1040. The molecule has 0 N–H and O–H groups in total. The van der Waals surface area contributed by atoms with Crippen LogP contribution in [0.3, 0.4) is 0 Å². The van der Waals surface area contributed by atoms with Gasteiger partial charge in [-0.1, -0.05) is 0 Å². The molecule has 0 rings (SSSR count). The summed E-state index contributed by atoms with van der Waals surface area (Å²) < 4.78 is 0. The summed E-state index contributed by atoms with van der Waals surface area (Å²) in [5, 5.41) is 0. The van der Waals surface area contributed by atoms with Crippen molar-refractivity contribution < 1.29 is 31.5 Å². The van der Waals surface area contributed by atoms with Gasteiger partial charge in [0.05, 0.1) is 0 Å². The summed E-state index contributed by atoms with van der Waals surface area (Å²) >= 11 is 0. The van der Waals surface area contributed by atoms with Crippen molar-refractivity contribution in [1.82, 2.24) is 0 Å². The van der Waals surface area contributed by atoms with E-state index in [0.29, 0.717) is 0 Å². The van der Waals surface area contributed by atoms with Crippen LogP contribution in [0.5, 0.6) is 0 Å². The Morgan fingerprint density at radius 1 is 0.556 bits per heavy atom. The van der Waals surface area contributed by atoms with E-state index < -0.39 is 0 Å². The zero-order chi connectivity index (χ0) is 6.00. The Labute approximate surface area is 67.3 Å². The second kappa shape index (κ2) is 1450. The van der Waals surface area contributed by atoms with Gasteiger partial charge in [0.2, 0.25) is 0 Å². The average Bonchev–Trinajstić information content (AvgIpc) is 1.81. The van der Waals surface area contributed by atoms with Crippen molar-refractivity contribution in [3.63, 3.8) is 0 Å². The van der Waals surface area contributed by atoms with Crippen molar-refractivity contribution in [1.29, 1.82) is 0 Å². The van der Waals surface area contributed by atoms with E-state index in [9.17, 15) is 0 Å². The van der Waals surface area contributed by atoms with Gasteiger partial charge < -0.3 is 29.2 Å². The SMILES string of the molecule is [CH-]=O.[CH-]=O.[CH-]=O.[CH3-].[CH3-].[Fe+6]. The largest absolute Gasteiger partial charge is 6.00 e. The van der Waals surface area contributed by atoms with Crippen molar-refractivity contribution >= 4 is 20.4 Å². The van der Waals surface area contributed by atoms with E-state index in [4.69, 9.17) is 14.4 Å². The molecule has 0 aromatic heterocycles. The van der Waals surface area contributed by atoms with Gasteiger partial charge in [-0.2, -0.15) is 0 Å². The number of rotatable bonds is 0. The molecule has 0 unspecified atom stereocenters. The van der Waals surface area contributed by atoms with Gasteiger partial charge in [0.25, 0.3) is 0 Å². The van der Waals surface area contributed by atoms with E-state index in [1.165, 1.54) is 0 Å². The molecule has 0 aromatic carbocycles. The minimum atomic E-state index is 0. The van der Waals surface area contributed by atoms with E-state index in [1.807, 2.05) is 0 Å². The molecule has 0 aliphatic heterocycles. The molecule has 0 saturated heterocycles. The van der Waals surface area contributed by atoms with Crippen molar-refractivity contribution in [2.75, 3.05) is 0 Å². The molecule has 0 spiro atoms. The van der Waals surface area contributed by atoms with Crippen molar-refractivity contribution in [3.8, 4) is 0 Å². The van der Waals surface area contributed by atoms with E-state index in [1.54, 1.807) is 0 Å². The van der Waals surface area contributed by atoms with Gasteiger partial charge in [-0.15, -0.1) is 0 Å². The van der Waals surface area contributed by atoms with Crippen molar-refractivity contribution in [2.24, 2.45) is 0 Å². The van der Waals surface area contributed by atoms with Crippen LogP contribution >= 0.6 is 0 Å². The Kier molecular flexibility index (Phi) is 12200. The summed E-state index contributed by atoms with van der Waals surface area (Å²) in [5.74, 6) is 0. The van der Waals surface area contributed by atoms with Gasteiger partial charge >= 0.3 is 17.1 Å². The maximum atomic E-state index is 7.75. The maximum absolute atomic E-state index is 7.75. The summed E-state index contributed by atoms with van der Waals surface area (Å²) in [7, 11) is 0. The minimum Gasteiger partial charge on any atom is -0.545 e. The summed E-state index contributed by atoms with van der Waals surface area (Å²) in [6.45, 7) is 9.75. The van der Waals surface area contributed by atoms with Crippen LogP contribution in [0.15, 0.2) is 0 Å². The summed E-state index contributed by atoms with van der Waals surface area (Å²) in [6.07, 6.45) is 0. The van der Waals surface area contributed by atoms with Gasteiger partial charge in [-0.25, -0.2) is 0 Å². The fourth-order valence-electron chi connectivity index (χ4n) is 0. The summed E-state index contributed by atoms with van der Waals surface area (Å²) in [5.41, 5.74) is 0. The van der Waals surface area contributed by atoms with Gasteiger partial charge in [0, 0.05) is 0 Å². The van der Waals surface area contributed by atoms with Crippen LogP contribution in [0.4, 0.5) is 0 Å². The second-order valence-corrected chi connectivity index (χ2v) is 0. The van der Waals surface area contributed by atoms with Gasteiger partial charge in [-0.05, 0) is 0 Å². The monoisotopic (exact) mass is 173 g/mol. The molecule has 0 radical (unpaired) electrons. The minimum absolute atomic E-state index is 0. The first-order chi connectivity index (χ1) is 3.00. The fourth-order valence-corrected chi connectivity index (χ4v) is 0. The Bertz CT molecular complexity index is 16.9. The van der Waals surface area contributed by atoms with Crippen LogP contribution in [0, 0.1) is 14.9 Å². The third-order valence-corrected chi connectivity index (χ3v) is 0. The smallest absolute Gasteiger partial charge is 0.545 e. The van der Waals surface area contributed by atoms with Crippen LogP contribution in [0.2, 0.25) is 0 Å². The molecule has 9 heavy (non-hydrogen) atoms. The molecule has 0 fully saturated rings. The molecule has 0 saturated carbocycles. The van der Waals surface area contributed by atoms with Crippen LogP contribution in [0.1, 0.15) is 0 Å². The first-order valence-corrected chi connectivity index (χ1v) is 0.707. The van der Waals surface area contributed by atoms with Gasteiger partial charge in [0.1, 0.15) is 0 Å². The number of carbonyl (C=O) groups excluding carboxylic acids is 3. The van der Waals surface area contributed by atoms with E-state index in [-0.39, 0.29) is 31.9 Å². The Hall–Kier alpha value is -0.471. The zero-order valence-corrected chi connectivity index (χ0v) is 6.41. The van der Waals surface area contributed by atoms with Crippen LogP contribution in [0.25, 0.3) is 0 Å². The molecule has 0 aliphatic rings. The van der Waals surface area contributed by atoms with E-state index in [0.717, 1.165) is 0 Å². The van der Waals surface area contributed by atoms with Crippen LogP contribution in [-0.2, 0) is 31.5 Å². The molecular formula is C5H9FeO3+. The molecule has 0 amide bonds. The summed E-state index contributed by atoms with van der Waals surface area (Å²) in [4.78, 5) is 23.2. The predicted octanol–water partition coefficient (Wildman–Crippen LogP) is 0.0758. The third-order valence-electron chi connectivity index (χ3n) is 0. The Balaban J connectivity index is -0.00000000321. The predicted molar refractivity (Wildman–Crippen MR) is 33.1 cm³/mol. The topological polar surface area (TPSA) is 51.2 Å². The first-order valence-electron chi connectivity index (χ1n) is 0.707. The molecule has 0 atom stereocenters. The fraction of sp³-hybridized carbons (Fsp3) is 0. The number of hydrogen-bond donors (Lipinski definition) is 0. The molecule has 0 heterocycles. The standard InChI is InChI=1S/3CHO.2CH3.Fe/c3*1-2;;;/h3*1H;2*1H3;/q5*-1;+6. The van der Waals surface area contributed by atoms with E-state index in [2.05, 4.69) is 20.4 Å². The van der Waals surface area contributed by atoms with E-state index >= 15 is 0 Å². The first kappa shape index (κ1) is 75.6. The normalized spacial score (nSPS) is 1.33. The van der Waals surface area contributed by atoms with Gasteiger partial charge in [0.15, 0.2) is 0 Å². The Morgan fingerprint density at radius 2 is 0.556 bits per heavy atom.